The number of carbonyl (C=O) groups is 2. The van der Waals surface area contributed by atoms with E-state index in [2.05, 4.69) is 4.74 Å². The standard InChI is InChI=1S/C12H18N2O4S/c1-5-14(6-2)10-7(11(15)17-3)8(13)9(19-10)12(16)18-4/h5-6,13H2,1-4H3. The molecule has 0 aliphatic rings. The van der Waals surface area contributed by atoms with Gasteiger partial charge in [-0.05, 0) is 13.8 Å². The fourth-order valence-corrected chi connectivity index (χ4v) is 2.96. The van der Waals surface area contributed by atoms with Crippen LogP contribution in [-0.4, -0.2) is 39.2 Å². The quantitative estimate of drug-likeness (QED) is 0.830. The lowest BCUT2D eigenvalue weighted by atomic mass is 10.2. The Balaban J connectivity index is 3.43. The molecule has 0 aliphatic carbocycles. The molecule has 0 amide bonds. The molecular weight excluding hydrogens is 268 g/mol. The van der Waals surface area contributed by atoms with Gasteiger partial charge in [-0.15, -0.1) is 11.3 Å². The molecule has 2 N–H and O–H groups in total. The number of nitrogens with two attached hydrogens (primary N) is 1. The Bertz CT molecular complexity index is 480. The zero-order valence-corrected chi connectivity index (χ0v) is 12.3. The second kappa shape index (κ2) is 6.42. The van der Waals surface area contributed by atoms with Gasteiger partial charge < -0.3 is 20.1 Å². The largest absolute Gasteiger partial charge is 0.465 e. The summed E-state index contributed by atoms with van der Waals surface area (Å²) in [5.74, 6) is -1.10. The van der Waals surface area contributed by atoms with Gasteiger partial charge in [0.15, 0.2) is 0 Å². The van der Waals surface area contributed by atoms with Crippen LogP contribution in [0.25, 0.3) is 0 Å². The van der Waals surface area contributed by atoms with Gasteiger partial charge in [-0.3, -0.25) is 0 Å². The van der Waals surface area contributed by atoms with E-state index in [0.717, 1.165) is 11.3 Å². The lowest BCUT2D eigenvalue weighted by Crippen LogP contribution is -2.23. The Labute approximate surface area is 116 Å². The number of thiophene rings is 1. The fourth-order valence-electron chi connectivity index (χ4n) is 1.71. The smallest absolute Gasteiger partial charge is 0.350 e. The molecule has 6 nitrogen and oxygen atoms in total. The number of esters is 2. The fraction of sp³-hybridized carbons (Fsp3) is 0.500. The van der Waals surface area contributed by atoms with Crippen molar-refractivity contribution in [3.8, 4) is 0 Å². The molecule has 0 unspecified atom stereocenters. The van der Waals surface area contributed by atoms with Gasteiger partial charge in [-0.2, -0.15) is 0 Å². The Kier molecular flexibility index (Phi) is 5.17. The molecule has 0 saturated heterocycles. The maximum Gasteiger partial charge on any atom is 0.350 e. The number of methoxy groups -OCH3 is 2. The maximum atomic E-state index is 11.8. The van der Waals surface area contributed by atoms with Crippen LogP contribution in [0.2, 0.25) is 0 Å². The first-order valence-corrected chi connectivity index (χ1v) is 6.67. The summed E-state index contributed by atoms with van der Waals surface area (Å²) in [7, 11) is 2.56. The second-order valence-electron chi connectivity index (χ2n) is 3.68. The van der Waals surface area contributed by atoms with E-state index in [1.165, 1.54) is 14.2 Å². The molecule has 0 aromatic carbocycles. The summed E-state index contributed by atoms with van der Waals surface area (Å²) in [5.41, 5.74) is 6.24. The molecule has 1 aromatic rings. The third kappa shape index (κ3) is 2.81. The highest BCUT2D eigenvalue weighted by molar-refractivity contribution is 7.19. The number of anilines is 2. The second-order valence-corrected chi connectivity index (χ2v) is 4.68. The topological polar surface area (TPSA) is 81.9 Å². The highest BCUT2D eigenvalue weighted by Crippen LogP contribution is 2.39. The summed E-state index contributed by atoms with van der Waals surface area (Å²) in [6.45, 7) is 5.30. The van der Waals surface area contributed by atoms with Crippen LogP contribution < -0.4 is 10.6 Å². The van der Waals surface area contributed by atoms with Crippen molar-refractivity contribution >= 4 is 34.0 Å². The third-order valence-corrected chi connectivity index (χ3v) is 3.98. The zero-order valence-electron chi connectivity index (χ0n) is 11.5. The number of nitrogen functional groups attached to an aromatic ring is 1. The number of hydrogen-bond donors (Lipinski definition) is 1. The van der Waals surface area contributed by atoms with Crippen molar-refractivity contribution in [2.75, 3.05) is 37.9 Å². The monoisotopic (exact) mass is 286 g/mol. The normalized spacial score (nSPS) is 10.1. The van der Waals surface area contributed by atoms with Crippen LogP contribution in [0.1, 0.15) is 33.9 Å². The summed E-state index contributed by atoms with van der Waals surface area (Å²) < 4.78 is 9.40. The highest BCUT2D eigenvalue weighted by Gasteiger charge is 2.28. The third-order valence-electron chi connectivity index (χ3n) is 2.74. The highest BCUT2D eigenvalue weighted by atomic mass is 32.1. The van der Waals surface area contributed by atoms with E-state index in [9.17, 15) is 9.59 Å². The summed E-state index contributed by atoms with van der Waals surface area (Å²) in [4.78, 5) is 25.7. The predicted octanol–water partition coefficient (Wildman–Crippen LogP) is 1.75. The first-order chi connectivity index (χ1) is 9.01. The van der Waals surface area contributed by atoms with Crippen LogP contribution in [0.4, 0.5) is 10.7 Å². The first-order valence-electron chi connectivity index (χ1n) is 5.85. The zero-order chi connectivity index (χ0) is 14.6. The number of rotatable bonds is 5. The minimum absolute atomic E-state index is 0.116. The molecule has 0 atom stereocenters. The summed E-state index contributed by atoms with van der Waals surface area (Å²) in [6, 6.07) is 0. The van der Waals surface area contributed by atoms with Crippen molar-refractivity contribution < 1.29 is 19.1 Å². The van der Waals surface area contributed by atoms with Crippen LogP contribution >= 0.6 is 11.3 Å². The molecule has 1 heterocycles. The molecule has 0 aliphatic heterocycles. The molecule has 1 aromatic heterocycles. The summed E-state index contributed by atoms with van der Waals surface area (Å²) in [5, 5.41) is 0.634. The van der Waals surface area contributed by atoms with Crippen LogP contribution in [-0.2, 0) is 9.47 Å². The van der Waals surface area contributed by atoms with E-state index in [-0.39, 0.29) is 16.1 Å². The average molecular weight is 286 g/mol. The first kappa shape index (κ1) is 15.3. The van der Waals surface area contributed by atoms with Crippen molar-refractivity contribution in [2.24, 2.45) is 0 Å². The van der Waals surface area contributed by atoms with Gasteiger partial charge in [-0.25, -0.2) is 9.59 Å². The van der Waals surface area contributed by atoms with E-state index in [0.29, 0.717) is 18.1 Å². The van der Waals surface area contributed by atoms with E-state index < -0.39 is 11.9 Å². The summed E-state index contributed by atoms with van der Waals surface area (Å²) in [6.07, 6.45) is 0. The van der Waals surface area contributed by atoms with Crippen molar-refractivity contribution in [3.05, 3.63) is 10.4 Å². The van der Waals surface area contributed by atoms with Gasteiger partial charge in [0.25, 0.3) is 0 Å². The molecular formula is C12H18N2O4S. The molecule has 1 rings (SSSR count). The number of hydrogen-bond acceptors (Lipinski definition) is 7. The minimum atomic E-state index is -0.550. The number of ether oxygens (including phenoxy) is 2. The van der Waals surface area contributed by atoms with Crippen LogP contribution in [0.3, 0.4) is 0 Å². The van der Waals surface area contributed by atoms with Crippen molar-refractivity contribution in [3.63, 3.8) is 0 Å². The Morgan fingerprint density at radius 1 is 1.16 bits per heavy atom. The van der Waals surface area contributed by atoms with Crippen molar-refractivity contribution in [1.29, 1.82) is 0 Å². The van der Waals surface area contributed by atoms with E-state index in [4.69, 9.17) is 10.5 Å². The van der Waals surface area contributed by atoms with Crippen molar-refractivity contribution in [2.45, 2.75) is 13.8 Å². The Morgan fingerprint density at radius 2 is 1.68 bits per heavy atom. The molecule has 0 bridgehead atoms. The lowest BCUT2D eigenvalue weighted by Gasteiger charge is -2.20. The maximum absolute atomic E-state index is 11.8. The van der Waals surface area contributed by atoms with E-state index >= 15 is 0 Å². The molecule has 0 fully saturated rings. The molecule has 0 spiro atoms. The Morgan fingerprint density at radius 3 is 2.11 bits per heavy atom. The van der Waals surface area contributed by atoms with Crippen LogP contribution in [0.15, 0.2) is 0 Å². The SMILES string of the molecule is CCN(CC)c1sc(C(=O)OC)c(N)c1C(=O)OC. The van der Waals surface area contributed by atoms with Gasteiger partial charge in [0.1, 0.15) is 15.4 Å². The van der Waals surface area contributed by atoms with Gasteiger partial charge in [0.05, 0.1) is 19.9 Å². The molecule has 0 saturated carbocycles. The number of carbonyl (C=O) groups excluding carboxylic acids is 2. The summed E-state index contributed by atoms with van der Waals surface area (Å²) >= 11 is 1.15. The molecule has 0 radical (unpaired) electrons. The number of nitrogens with zero attached hydrogens (tertiary/aromatic N) is 1. The average Bonchev–Trinajstić information content (AvgIpc) is 2.76. The van der Waals surface area contributed by atoms with E-state index in [1.807, 2.05) is 18.7 Å². The minimum Gasteiger partial charge on any atom is -0.465 e. The van der Waals surface area contributed by atoms with Gasteiger partial charge in [-0.1, -0.05) is 0 Å². The van der Waals surface area contributed by atoms with Gasteiger partial charge >= 0.3 is 11.9 Å². The van der Waals surface area contributed by atoms with Gasteiger partial charge in [0.2, 0.25) is 0 Å². The lowest BCUT2D eigenvalue weighted by molar-refractivity contribution is 0.0602. The Hall–Kier alpha value is -1.76. The molecule has 106 valence electrons. The molecule has 19 heavy (non-hydrogen) atoms. The predicted molar refractivity (Wildman–Crippen MR) is 75.0 cm³/mol. The van der Waals surface area contributed by atoms with Crippen molar-refractivity contribution in [1.82, 2.24) is 0 Å². The van der Waals surface area contributed by atoms with E-state index in [1.54, 1.807) is 0 Å². The molecule has 7 heteroatoms. The van der Waals surface area contributed by atoms with Crippen LogP contribution in [0, 0.1) is 0 Å². The van der Waals surface area contributed by atoms with Gasteiger partial charge in [0, 0.05) is 13.1 Å². The van der Waals surface area contributed by atoms with Crippen LogP contribution in [0.5, 0.6) is 0 Å².